The van der Waals surface area contributed by atoms with Crippen LogP contribution in [0.15, 0.2) is 40.3 Å². The molecule has 2 rings (SSSR count). The van der Waals surface area contributed by atoms with Crippen molar-refractivity contribution in [3.8, 4) is 0 Å². The third-order valence-electron chi connectivity index (χ3n) is 3.73. The maximum absolute atomic E-state index is 12.6. The number of hydrogen-bond donors (Lipinski definition) is 2. The van der Waals surface area contributed by atoms with Gasteiger partial charge in [0.05, 0.1) is 16.5 Å². The smallest absolute Gasteiger partial charge is 0.325 e. The zero-order valence-electron chi connectivity index (χ0n) is 15.1. The lowest BCUT2D eigenvalue weighted by Crippen LogP contribution is -2.25. The molecule has 0 radical (unpaired) electrons. The largest absolute Gasteiger partial charge is 0.416 e. The second-order valence-corrected chi connectivity index (χ2v) is 7.40. The van der Waals surface area contributed by atoms with E-state index in [9.17, 15) is 22.8 Å². The predicted octanol–water partition coefficient (Wildman–Crippen LogP) is 4.42. The van der Waals surface area contributed by atoms with E-state index in [4.69, 9.17) is 0 Å². The second kappa shape index (κ2) is 8.60. The molecular weight excluding hydrogens is 379 g/mol. The summed E-state index contributed by atoms with van der Waals surface area (Å²) in [6, 6.07) is 5.65. The number of aromatic amines is 1. The molecule has 0 fully saturated rings. The van der Waals surface area contributed by atoms with Crippen LogP contribution in [0, 0.1) is 0 Å². The molecule has 9 heteroatoms. The summed E-state index contributed by atoms with van der Waals surface area (Å²) < 4.78 is 37.8. The maximum Gasteiger partial charge on any atom is 0.416 e. The summed E-state index contributed by atoms with van der Waals surface area (Å²) in [5, 5.41) is 2.37. The van der Waals surface area contributed by atoms with Gasteiger partial charge >= 0.3 is 6.18 Å². The van der Waals surface area contributed by atoms with Crippen molar-refractivity contribution in [2.24, 2.45) is 0 Å². The molecule has 0 spiro atoms. The predicted molar refractivity (Wildman–Crippen MR) is 99.0 cm³/mol. The molecule has 5 nitrogen and oxygen atoms in total. The average Bonchev–Trinajstić information content (AvgIpc) is 2.58. The highest BCUT2D eigenvalue weighted by molar-refractivity contribution is 8.00. The molecule has 27 heavy (non-hydrogen) atoms. The highest BCUT2D eigenvalue weighted by Gasteiger charge is 2.30. The van der Waals surface area contributed by atoms with Gasteiger partial charge in [-0.1, -0.05) is 32.5 Å². The molecular formula is C18H20F3N3O2S. The molecule has 146 valence electrons. The highest BCUT2D eigenvalue weighted by Crippen LogP contribution is 2.30. The van der Waals surface area contributed by atoms with Gasteiger partial charge < -0.3 is 10.3 Å². The van der Waals surface area contributed by atoms with Gasteiger partial charge in [0.2, 0.25) is 5.91 Å². The Kier molecular flexibility index (Phi) is 6.69. The first-order chi connectivity index (χ1) is 12.6. The Labute approximate surface area is 158 Å². The van der Waals surface area contributed by atoms with E-state index in [1.165, 1.54) is 18.2 Å². The third-order valence-corrected chi connectivity index (χ3v) is 4.98. The number of thioether (sulfide) groups is 1. The number of aromatic nitrogens is 2. The quantitative estimate of drug-likeness (QED) is 0.557. The molecule has 1 aromatic heterocycles. The molecule has 1 unspecified atom stereocenters. The fourth-order valence-electron chi connectivity index (χ4n) is 2.23. The van der Waals surface area contributed by atoms with Crippen molar-refractivity contribution >= 4 is 23.4 Å². The zero-order chi connectivity index (χ0) is 20.2. The molecule has 2 N–H and O–H groups in total. The molecule has 1 aromatic carbocycles. The number of carbonyl (C=O) groups is 1. The van der Waals surface area contributed by atoms with Gasteiger partial charge in [0, 0.05) is 11.8 Å². The summed E-state index contributed by atoms with van der Waals surface area (Å²) in [5.41, 5.74) is -0.188. The molecule has 0 aliphatic heterocycles. The Balaban J connectivity index is 2.11. The molecule has 0 saturated carbocycles. The van der Waals surface area contributed by atoms with Crippen molar-refractivity contribution in [1.29, 1.82) is 0 Å². The standard InChI is InChI=1S/C18H20F3N3O2S/c1-4-14(27-17-23-13(10(2)3)9-15(25)24-17)16(26)22-12-7-5-11(6-8-12)18(19,20)21/h5-10,14H,4H2,1-3H3,(H,22,26)(H,23,24,25). The van der Waals surface area contributed by atoms with Gasteiger partial charge in [-0.05, 0) is 36.6 Å². The van der Waals surface area contributed by atoms with Crippen LogP contribution in [0.5, 0.6) is 0 Å². The van der Waals surface area contributed by atoms with Crippen molar-refractivity contribution < 1.29 is 18.0 Å². The lowest BCUT2D eigenvalue weighted by atomic mass is 10.1. The summed E-state index contributed by atoms with van der Waals surface area (Å²) in [4.78, 5) is 31.2. The van der Waals surface area contributed by atoms with Gasteiger partial charge in [0.15, 0.2) is 5.16 Å². The monoisotopic (exact) mass is 399 g/mol. The van der Waals surface area contributed by atoms with Crippen molar-refractivity contribution in [2.45, 2.75) is 49.7 Å². The van der Waals surface area contributed by atoms with Crippen LogP contribution in [0.2, 0.25) is 0 Å². The van der Waals surface area contributed by atoms with Gasteiger partial charge in [0.1, 0.15) is 0 Å². The van der Waals surface area contributed by atoms with E-state index in [0.29, 0.717) is 17.3 Å². The van der Waals surface area contributed by atoms with Crippen molar-refractivity contribution in [2.75, 3.05) is 5.32 Å². The number of amides is 1. The van der Waals surface area contributed by atoms with Crippen LogP contribution in [0.25, 0.3) is 0 Å². The fourth-order valence-corrected chi connectivity index (χ4v) is 3.15. The van der Waals surface area contributed by atoms with E-state index in [-0.39, 0.29) is 23.1 Å². The van der Waals surface area contributed by atoms with Gasteiger partial charge in [-0.15, -0.1) is 0 Å². The number of benzene rings is 1. The van der Waals surface area contributed by atoms with Crippen LogP contribution in [0.4, 0.5) is 18.9 Å². The minimum absolute atomic E-state index is 0.0627. The van der Waals surface area contributed by atoms with Crippen LogP contribution in [-0.2, 0) is 11.0 Å². The normalized spacial score (nSPS) is 12.9. The highest BCUT2D eigenvalue weighted by atomic mass is 32.2. The van der Waals surface area contributed by atoms with E-state index in [1.54, 1.807) is 6.92 Å². The van der Waals surface area contributed by atoms with Crippen LogP contribution in [0.3, 0.4) is 0 Å². The number of carbonyl (C=O) groups excluding carboxylic acids is 1. The van der Waals surface area contributed by atoms with Crippen LogP contribution in [0.1, 0.15) is 44.4 Å². The Hall–Kier alpha value is -2.29. The topological polar surface area (TPSA) is 74.8 Å². The summed E-state index contributed by atoms with van der Waals surface area (Å²) in [5.74, 6) is -0.312. The molecule has 0 aliphatic carbocycles. The average molecular weight is 399 g/mol. The summed E-state index contributed by atoms with van der Waals surface area (Å²) in [6.07, 6.45) is -3.98. The van der Waals surface area contributed by atoms with E-state index in [0.717, 1.165) is 23.9 Å². The van der Waals surface area contributed by atoms with Crippen LogP contribution in [-0.4, -0.2) is 21.1 Å². The number of halogens is 3. The van der Waals surface area contributed by atoms with Gasteiger partial charge in [-0.2, -0.15) is 13.2 Å². The minimum atomic E-state index is -4.43. The number of rotatable bonds is 6. The van der Waals surface area contributed by atoms with E-state index in [1.807, 2.05) is 13.8 Å². The molecule has 1 heterocycles. The zero-order valence-corrected chi connectivity index (χ0v) is 15.9. The van der Waals surface area contributed by atoms with E-state index >= 15 is 0 Å². The van der Waals surface area contributed by atoms with Crippen molar-refractivity contribution in [1.82, 2.24) is 9.97 Å². The van der Waals surface area contributed by atoms with Gasteiger partial charge in [0.25, 0.3) is 5.56 Å². The van der Waals surface area contributed by atoms with E-state index < -0.39 is 17.0 Å². The molecule has 1 atom stereocenters. The van der Waals surface area contributed by atoms with Gasteiger partial charge in [-0.3, -0.25) is 9.59 Å². The SMILES string of the molecule is CCC(Sc1nc(C(C)C)cc(=O)[nH]1)C(=O)Nc1ccc(C(F)(F)F)cc1. The summed E-state index contributed by atoms with van der Waals surface area (Å²) in [7, 11) is 0. The summed E-state index contributed by atoms with van der Waals surface area (Å²) in [6.45, 7) is 5.62. The second-order valence-electron chi connectivity index (χ2n) is 6.21. The summed E-state index contributed by atoms with van der Waals surface area (Å²) >= 11 is 1.11. The number of hydrogen-bond acceptors (Lipinski definition) is 4. The molecule has 0 saturated heterocycles. The third kappa shape index (κ3) is 5.85. The Morgan fingerprint density at radius 3 is 2.41 bits per heavy atom. The lowest BCUT2D eigenvalue weighted by molar-refractivity contribution is -0.137. The Morgan fingerprint density at radius 2 is 1.89 bits per heavy atom. The first-order valence-electron chi connectivity index (χ1n) is 8.36. The maximum atomic E-state index is 12.6. The Morgan fingerprint density at radius 1 is 1.26 bits per heavy atom. The van der Waals surface area contributed by atoms with Gasteiger partial charge in [-0.25, -0.2) is 4.98 Å². The van der Waals surface area contributed by atoms with E-state index in [2.05, 4.69) is 15.3 Å². The fraction of sp³-hybridized carbons (Fsp3) is 0.389. The molecule has 1 amide bonds. The minimum Gasteiger partial charge on any atom is -0.325 e. The molecule has 0 bridgehead atoms. The van der Waals surface area contributed by atoms with Crippen LogP contribution < -0.4 is 10.9 Å². The van der Waals surface area contributed by atoms with Crippen LogP contribution >= 0.6 is 11.8 Å². The molecule has 0 aliphatic rings. The number of alkyl halides is 3. The number of H-pyrrole nitrogens is 1. The first kappa shape index (κ1) is 21.0. The Bertz CT molecular complexity index is 848. The number of nitrogens with one attached hydrogen (secondary N) is 2. The van der Waals surface area contributed by atoms with Crippen molar-refractivity contribution in [3.63, 3.8) is 0 Å². The number of anilines is 1. The first-order valence-corrected chi connectivity index (χ1v) is 9.24. The number of nitrogens with zero attached hydrogens (tertiary/aromatic N) is 1. The lowest BCUT2D eigenvalue weighted by Gasteiger charge is -2.15. The molecule has 2 aromatic rings. The van der Waals surface area contributed by atoms with Crippen molar-refractivity contribution in [3.05, 3.63) is 51.9 Å².